The van der Waals surface area contributed by atoms with Gasteiger partial charge in [0.25, 0.3) is 10.0 Å². The molecular formula is C22H27F3N2O2S. The Morgan fingerprint density at radius 1 is 1.03 bits per heavy atom. The summed E-state index contributed by atoms with van der Waals surface area (Å²) in [5.74, 6) is 0.636. The fourth-order valence-electron chi connectivity index (χ4n) is 3.62. The first-order valence-electron chi connectivity index (χ1n) is 10.1. The largest absolute Gasteiger partial charge is 0.416 e. The van der Waals surface area contributed by atoms with Gasteiger partial charge < -0.3 is 4.90 Å². The second-order valence-corrected chi connectivity index (χ2v) is 9.61. The Labute approximate surface area is 176 Å². The van der Waals surface area contributed by atoms with Gasteiger partial charge in [-0.25, -0.2) is 8.42 Å². The van der Waals surface area contributed by atoms with E-state index in [1.165, 1.54) is 5.56 Å². The fraction of sp³-hybridized carbons (Fsp3) is 0.455. The molecule has 1 heterocycles. The number of halogens is 3. The second-order valence-electron chi connectivity index (χ2n) is 7.93. The maximum atomic E-state index is 12.7. The molecule has 8 heteroatoms. The Morgan fingerprint density at radius 3 is 2.27 bits per heavy atom. The Bertz CT molecular complexity index is 973. The minimum atomic E-state index is -4.50. The van der Waals surface area contributed by atoms with Gasteiger partial charge in [0.05, 0.1) is 10.5 Å². The number of fused-ring (bicyclic) bond motifs is 1. The van der Waals surface area contributed by atoms with E-state index >= 15 is 0 Å². The molecule has 1 atom stereocenters. The van der Waals surface area contributed by atoms with Crippen LogP contribution in [0.2, 0.25) is 0 Å². The second kappa shape index (κ2) is 8.98. The molecule has 2 aromatic carbocycles. The van der Waals surface area contributed by atoms with Crippen LogP contribution in [0.25, 0.3) is 0 Å². The van der Waals surface area contributed by atoms with Crippen LogP contribution in [0.4, 0.5) is 18.9 Å². The van der Waals surface area contributed by atoms with Crippen molar-refractivity contribution in [3.63, 3.8) is 0 Å². The Balaban J connectivity index is 1.73. The average Bonchev–Trinajstić information content (AvgIpc) is 2.89. The van der Waals surface area contributed by atoms with Gasteiger partial charge in [-0.05, 0) is 66.3 Å². The van der Waals surface area contributed by atoms with Gasteiger partial charge in [-0.15, -0.1) is 0 Å². The van der Waals surface area contributed by atoms with Crippen LogP contribution in [0.1, 0.15) is 37.0 Å². The highest BCUT2D eigenvalue weighted by molar-refractivity contribution is 7.92. The molecule has 0 amide bonds. The topological polar surface area (TPSA) is 49.4 Å². The van der Waals surface area contributed by atoms with Crippen LogP contribution >= 0.6 is 0 Å². The molecule has 1 aliphatic heterocycles. The minimum absolute atomic E-state index is 0.204. The number of nitrogens with one attached hydrogen (secondary N) is 1. The predicted molar refractivity (Wildman–Crippen MR) is 112 cm³/mol. The molecule has 30 heavy (non-hydrogen) atoms. The van der Waals surface area contributed by atoms with E-state index in [9.17, 15) is 21.6 Å². The molecule has 1 aliphatic rings. The van der Waals surface area contributed by atoms with Gasteiger partial charge in [-0.3, -0.25) is 4.72 Å². The lowest BCUT2D eigenvalue weighted by Crippen LogP contribution is -2.30. The summed E-state index contributed by atoms with van der Waals surface area (Å²) in [5.41, 5.74) is 1.85. The third-order valence-corrected chi connectivity index (χ3v) is 7.01. The van der Waals surface area contributed by atoms with E-state index < -0.39 is 21.8 Å². The summed E-state index contributed by atoms with van der Waals surface area (Å²) in [6, 6.07) is 8.99. The lowest BCUT2D eigenvalue weighted by atomic mass is 10.0. The summed E-state index contributed by atoms with van der Waals surface area (Å²) in [6.07, 6.45) is -1.62. The number of hydrogen-bond donors (Lipinski definition) is 1. The van der Waals surface area contributed by atoms with Crippen molar-refractivity contribution in [2.75, 3.05) is 24.4 Å². The van der Waals surface area contributed by atoms with Gasteiger partial charge >= 0.3 is 6.18 Å². The van der Waals surface area contributed by atoms with E-state index in [1.54, 1.807) is 6.07 Å². The molecule has 0 fully saturated rings. The van der Waals surface area contributed by atoms with E-state index in [1.807, 2.05) is 12.1 Å². The van der Waals surface area contributed by atoms with Crippen molar-refractivity contribution in [3.05, 3.63) is 59.2 Å². The zero-order valence-electron chi connectivity index (χ0n) is 17.2. The van der Waals surface area contributed by atoms with Crippen molar-refractivity contribution in [1.29, 1.82) is 0 Å². The van der Waals surface area contributed by atoms with Gasteiger partial charge in [0, 0.05) is 25.3 Å². The molecule has 1 N–H and O–H groups in total. The van der Waals surface area contributed by atoms with Crippen LogP contribution in [0.15, 0.2) is 47.4 Å². The zero-order chi connectivity index (χ0) is 21.9. The molecule has 0 bridgehead atoms. The number of benzene rings is 2. The Hall–Kier alpha value is -2.06. The van der Waals surface area contributed by atoms with Crippen LogP contribution in [0, 0.1) is 5.92 Å². The zero-order valence-corrected chi connectivity index (χ0v) is 18.0. The van der Waals surface area contributed by atoms with Crippen molar-refractivity contribution in [2.45, 2.75) is 44.2 Å². The lowest BCUT2D eigenvalue weighted by Gasteiger charge is -2.23. The summed E-state index contributed by atoms with van der Waals surface area (Å²) in [5, 5.41) is 0. The number of anilines is 1. The summed E-state index contributed by atoms with van der Waals surface area (Å²) in [4.78, 5) is 2.24. The normalized spacial score (nSPS) is 16.6. The average molecular weight is 441 g/mol. The van der Waals surface area contributed by atoms with Crippen molar-refractivity contribution in [3.8, 4) is 0 Å². The fourth-order valence-corrected chi connectivity index (χ4v) is 4.67. The quantitative estimate of drug-likeness (QED) is 0.691. The number of alkyl halides is 3. The van der Waals surface area contributed by atoms with Gasteiger partial charge in [-0.1, -0.05) is 26.3 Å². The maximum Gasteiger partial charge on any atom is 0.416 e. The summed E-state index contributed by atoms with van der Waals surface area (Å²) in [7, 11) is -3.97. The smallest absolute Gasteiger partial charge is 0.302 e. The molecule has 0 saturated carbocycles. The van der Waals surface area contributed by atoms with Gasteiger partial charge in [0.1, 0.15) is 0 Å². The number of rotatable bonds is 6. The first kappa shape index (κ1) is 22.6. The van der Waals surface area contributed by atoms with Crippen LogP contribution in [-0.4, -0.2) is 33.0 Å². The van der Waals surface area contributed by atoms with Gasteiger partial charge in [0.15, 0.2) is 0 Å². The van der Waals surface area contributed by atoms with Crippen LogP contribution in [-0.2, 0) is 29.0 Å². The maximum absolute atomic E-state index is 12.7. The molecule has 0 aromatic heterocycles. The molecule has 3 rings (SSSR count). The molecule has 0 spiro atoms. The molecule has 0 aliphatic carbocycles. The number of hydrogen-bond acceptors (Lipinski definition) is 3. The summed E-state index contributed by atoms with van der Waals surface area (Å²) < 4.78 is 65.8. The highest BCUT2D eigenvalue weighted by Gasteiger charge is 2.30. The van der Waals surface area contributed by atoms with E-state index in [4.69, 9.17) is 0 Å². The highest BCUT2D eigenvalue weighted by Crippen LogP contribution is 2.30. The van der Waals surface area contributed by atoms with E-state index in [0.29, 0.717) is 11.6 Å². The minimum Gasteiger partial charge on any atom is -0.302 e. The molecule has 4 nitrogen and oxygen atoms in total. The Morgan fingerprint density at radius 2 is 1.67 bits per heavy atom. The number of sulfonamides is 1. The standard InChI is InChI=1S/C22H27F3N2O2S/c1-3-16(2)15-27-12-10-17-4-7-20(14-18(17)11-13-27)26-30(28,29)21-8-5-19(6-9-21)22(23,24)25/h4-9,14,16,26H,3,10-13,15H2,1-2H3. The van der Waals surface area contributed by atoms with Gasteiger partial charge in [-0.2, -0.15) is 13.2 Å². The molecule has 0 saturated heterocycles. The predicted octanol–water partition coefficient (Wildman–Crippen LogP) is 4.95. The van der Waals surface area contributed by atoms with Gasteiger partial charge in [0.2, 0.25) is 0 Å². The summed E-state index contributed by atoms with van der Waals surface area (Å²) in [6.45, 7) is 7.39. The third kappa shape index (κ3) is 5.55. The summed E-state index contributed by atoms with van der Waals surface area (Å²) >= 11 is 0. The third-order valence-electron chi connectivity index (χ3n) is 5.61. The molecule has 0 radical (unpaired) electrons. The van der Waals surface area contributed by atoms with E-state index in [-0.39, 0.29) is 4.90 Å². The molecule has 2 aromatic rings. The Kier molecular flexibility index (Phi) is 6.77. The monoisotopic (exact) mass is 440 g/mol. The molecule has 1 unspecified atom stereocenters. The van der Waals surface area contributed by atoms with Crippen LogP contribution in [0.5, 0.6) is 0 Å². The SMILES string of the molecule is CCC(C)CN1CCc2ccc(NS(=O)(=O)c3ccc(C(F)(F)F)cc3)cc2CC1. The van der Waals surface area contributed by atoms with Crippen molar-refractivity contribution in [2.24, 2.45) is 5.92 Å². The molecule has 164 valence electrons. The van der Waals surface area contributed by atoms with Crippen LogP contribution in [0.3, 0.4) is 0 Å². The lowest BCUT2D eigenvalue weighted by molar-refractivity contribution is -0.137. The first-order chi connectivity index (χ1) is 14.1. The highest BCUT2D eigenvalue weighted by atomic mass is 32.2. The van der Waals surface area contributed by atoms with Crippen molar-refractivity contribution >= 4 is 15.7 Å². The van der Waals surface area contributed by atoms with E-state index in [0.717, 1.165) is 68.7 Å². The van der Waals surface area contributed by atoms with E-state index in [2.05, 4.69) is 23.5 Å². The molecular weight excluding hydrogens is 413 g/mol. The van der Waals surface area contributed by atoms with Crippen molar-refractivity contribution in [1.82, 2.24) is 4.90 Å². The van der Waals surface area contributed by atoms with Crippen LogP contribution < -0.4 is 4.72 Å². The first-order valence-corrected chi connectivity index (χ1v) is 11.6. The van der Waals surface area contributed by atoms with Crippen molar-refractivity contribution < 1.29 is 21.6 Å². The number of nitrogens with zero attached hydrogens (tertiary/aromatic N) is 1.